The van der Waals surface area contributed by atoms with Crippen molar-refractivity contribution in [2.75, 3.05) is 5.33 Å². The van der Waals surface area contributed by atoms with Crippen LogP contribution in [0.1, 0.15) is 30.7 Å². The van der Waals surface area contributed by atoms with Crippen LogP contribution in [0, 0.1) is 5.92 Å². The molecule has 1 aromatic carbocycles. The molecule has 0 N–H and O–H groups in total. The third kappa shape index (κ3) is 2.34. The summed E-state index contributed by atoms with van der Waals surface area (Å²) < 4.78 is 0. The third-order valence-electron chi connectivity index (χ3n) is 2.86. The minimum atomic E-state index is 0.875. The Kier molecular flexibility index (Phi) is 3.05. The van der Waals surface area contributed by atoms with Crippen LogP contribution in [0.5, 0.6) is 0 Å². The van der Waals surface area contributed by atoms with Crippen molar-refractivity contribution < 1.29 is 0 Å². The Labute approximate surface area is 88.5 Å². The van der Waals surface area contributed by atoms with Gasteiger partial charge in [0.2, 0.25) is 0 Å². The number of alkyl halides is 1. The van der Waals surface area contributed by atoms with Crippen molar-refractivity contribution in [1.82, 2.24) is 0 Å². The molecule has 0 aliphatic heterocycles. The summed E-state index contributed by atoms with van der Waals surface area (Å²) in [5.41, 5.74) is 1.54. The predicted octanol–water partition coefficient (Wildman–Crippen LogP) is 3.97. The van der Waals surface area contributed by atoms with E-state index in [1.807, 2.05) is 0 Å². The third-order valence-corrected chi connectivity index (χ3v) is 3.42. The Bertz CT molecular complexity index is 255. The van der Waals surface area contributed by atoms with E-state index in [2.05, 4.69) is 46.3 Å². The second kappa shape index (κ2) is 4.28. The van der Waals surface area contributed by atoms with Gasteiger partial charge in [0, 0.05) is 5.33 Å². The van der Waals surface area contributed by atoms with Crippen molar-refractivity contribution in [2.45, 2.75) is 25.2 Å². The molecule has 2 atom stereocenters. The average molecular weight is 239 g/mol. The summed E-state index contributed by atoms with van der Waals surface area (Å²) in [4.78, 5) is 0. The molecule has 1 saturated carbocycles. The molecular weight excluding hydrogens is 224 g/mol. The van der Waals surface area contributed by atoms with Crippen molar-refractivity contribution in [1.29, 1.82) is 0 Å². The van der Waals surface area contributed by atoms with Crippen molar-refractivity contribution >= 4 is 15.9 Å². The molecule has 0 heterocycles. The lowest BCUT2D eigenvalue weighted by Gasteiger charge is -1.98. The molecule has 1 heteroatoms. The molecule has 1 aliphatic carbocycles. The first kappa shape index (κ1) is 9.26. The molecule has 1 aromatic rings. The molecule has 70 valence electrons. The van der Waals surface area contributed by atoms with Crippen LogP contribution in [0.25, 0.3) is 0 Å². The van der Waals surface area contributed by atoms with Crippen molar-refractivity contribution in [3.8, 4) is 0 Å². The summed E-state index contributed by atoms with van der Waals surface area (Å²) in [7, 11) is 0. The Morgan fingerprint density at radius 3 is 2.69 bits per heavy atom. The molecule has 0 radical (unpaired) electrons. The highest BCUT2D eigenvalue weighted by Crippen LogP contribution is 2.49. The summed E-state index contributed by atoms with van der Waals surface area (Å²) in [6, 6.07) is 10.9. The minimum Gasteiger partial charge on any atom is -0.0928 e. The summed E-state index contributed by atoms with van der Waals surface area (Å²) in [5.74, 6) is 1.85. The van der Waals surface area contributed by atoms with Crippen LogP contribution >= 0.6 is 15.9 Å². The van der Waals surface area contributed by atoms with E-state index in [9.17, 15) is 0 Å². The zero-order valence-electron chi connectivity index (χ0n) is 7.75. The highest BCUT2D eigenvalue weighted by molar-refractivity contribution is 9.09. The molecule has 2 unspecified atom stereocenters. The van der Waals surface area contributed by atoms with Gasteiger partial charge in [-0.1, -0.05) is 46.3 Å². The van der Waals surface area contributed by atoms with Crippen LogP contribution in [0.15, 0.2) is 30.3 Å². The Hall–Kier alpha value is -0.300. The first-order valence-corrected chi connectivity index (χ1v) is 6.15. The van der Waals surface area contributed by atoms with Gasteiger partial charge in [-0.25, -0.2) is 0 Å². The second-order valence-electron chi connectivity index (χ2n) is 3.84. The van der Waals surface area contributed by atoms with Crippen molar-refractivity contribution in [3.05, 3.63) is 35.9 Å². The van der Waals surface area contributed by atoms with Crippen LogP contribution in [0.3, 0.4) is 0 Å². The van der Waals surface area contributed by atoms with E-state index in [0.717, 1.165) is 17.2 Å². The van der Waals surface area contributed by atoms with Gasteiger partial charge < -0.3 is 0 Å². The van der Waals surface area contributed by atoms with Crippen LogP contribution in [0.2, 0.25) is 0 Å². The number of hydrogen-bond donors (Lipinski definition) is 0. The fraction of sp³-hybridized carbons (Fsp3) is 0.500. The topological polar surface area (TPSA) is 0 Å². The first-order chi connectivity index (χ1) is 6.42. The normalized spacial score (nSPS) is 25.9. The fourth-order valence-electron chi connectivity index (χ4n) is 2.01. The molecular formula is C12H15Br. The number of hydrogen-bond acceptors (Lipinski definition) is 0. The Morgan fingerprint density at radius 1 is 1.23 bits per heavy atom. The molecule has 2 rings (SSSR count). The molecule has 0 aromatic heterocycles. The van der Waals surface area contributed by atoms with E-state index in [1.165, 1.54) is 19.3 Å². The Morgan fingerprint density at radius 2 is 2.00 bits per heavy atom. The minimum absolute atomic E-state index is 0.875. The molecule has 0 spiro atoms. The van der Waals surface area contributed by atoms with Gasteiger partial charge in [-0.05, 0) is 36.7 Å². The molecule has 0 nitrogen and oxygen atoms in total. The smallest absolute Gasteiger partial charge is 0.00314 e. The highest BCUT2D eigenvalue weighted by atomic mass is 79.9. The summed E-state index contributed by atoms with van der Waals surface area (Å²) >= 11 is 3.48. The van der Waals surface area contributed by atoms with Gasteiger partial charge in [-0.2, -0.15) is 0 Å². The molecule has 0 amide bonds. The van der Waals surface area contributed by atoms with E-state index in [4.69, 9.17) is 0 Å². The van der Waals surface area contributed by atoms with Gasteiger partial charge in [0.15, 0.2) is 0 Å². The number of rotatable bonds is 4. The van der Waals surface area contributed by atoms with Crippen molar-refractivity contribution in [3.63, 3.8) is 0 Å². The lowest BCUT2D eigenvalue weighted by atomic mass is 10.1. The maximum atomic E-state index is 3.48. The summed E-state index contributed by atoms with van der Waals surface area (Å²) in [6.07, 6.45) is 4.13. The van der Waals surface area contributed by atoms with Crippen LogP contribution in [-0.4, -0.2) is 5.33 Å². The monoisotopic (exact) mass is 238 g/mol. The van der Waals surface area contributed by atoms with Gasteiger partial charge in [-0.15, -0.1) is 0 Å². The molecule has 0 saturated heterocycles. The fourth-order valence-corrected chi connectivity index (χ4v) is 2.34. The van der Waals surface area contributed by atoms with Gasteiger partial charge in [0.05, 0.1) is 0 Å². The summed E-state index contributed by atoms with van der Waals surface area (Å²) in [5, 5.41) is 1.16. The van der Waals surface area contributed by atoms with Gasteiger partial charge in [0.1, 0.15) is 0 Å². The highest BCUT2D eigenvalue weighted by Gasteiger charge is 2.36. The first-order valence-electron chi connectivity index (χ1n) is 5.02. The lowest BCUT2D eigenvalue weighted by Crippen LogP contribution is -1.84. The maximum Gasteiger partial charge on any atom is 0.00314 e. The predicted molar refractivity (Wildman–Crippen MR) is 60.3 cm³/mol. The van der Waals surface area contributed by atoms with E-state index in [0.29, 0.717) is 0 Å². The zero-order chi connectivity index (χ0) is 9.10. The van der Waals surface area contributed by atoms with E-state index >= 15 is 0 Å². The van der Waals surface area contributed by atoms with Crippen molar-refractivity contribution in [2.24, 2.45) is 5.92 Å². The standard InChI is InChI=1S/C12H15Br/c13-8-4-7-11-9-12(11)10-5-2-1-3-6-10/h1-3,5-6,11-12H,4,7-9H2. The quantitative estimate of drug-likeness (QED) is 0.697. The maximum absolute atomic E-state index is 3.48. The lowest BCUT2D eigenvalue weighted by molar-refractivity contribution is 0.693. The zero-order valence-corrected chi connectivity index (χ0v) is 9.33. The van der Waals surface area contributed by atoms with Crippen LogP contribution in [-0.2, 0) is 0 Å². The van der Waals surface area contributed by atoms with Gasteiger partial charge in [0.25, 0.3) is 0 Å². The van der Waals surface area contributed by atoms with E-state index < -0.39 is 0 Å². The molecule has 1 fully saturated rings. The van der Waals surface area contributed by atoms with Gasteiger partial charge in [-0.3, -0.25) is 0 Å². The summed E-state index contributed by atoms with van der Waals surface area (Å²) in [6.45, 7) is 0. The molecule has 0 bridgehead atoms. The largest absolute Gasteiger partial charge is 0.0928 e. The number of benzene rings is 1. The number of halogens is 1. The van der Waals surface area contributed by atoms with Crippen LogP contribution < -0.4 is 0 Å². The second-order valence-corrected chi connectivity index (χ2v) is 4.64. The molecule has 1 aliphatic rings. The van der Waals surface area contributed by atoms with E-state index in [1.54, 1.807) is 5.56 Å². The molecule has 13 heavy (non-hydrogen) atoms. The average Bonchev–Trinajstić information content (AvgIpc) is 2.95. The van der Waals surface area contributed by atoms with E-state index in [-0.39, 0.29) is 0 Å². The SMILES string of the molecule is BrCCCC1CC1c1ccccc1. The van der Waals surface area contributed by atoms with Crippen LogP contribution in [0.4, 0.5) is 0 Å². The Balaban J connectivity index is 1.86. The van der Waals surface area contributed by atoms with Gasteiger partial charge >= 0.3 is 0 Å².